The smallest absolute Gasteiger partial charge is 0.329 e. The van der Waals surface area contributed by atoms with Gasteiger partial charge in [-0.25, -0.2) is 9.59 Å². The van der Waals surface area contributed by atoms with Crippen molar-refractivity contribution in [1.82, 2.24) is 9.80 Å². The highest BCUT2D eigenvalue weighted by Crippen LogP contribution is 2.63. The fourth-order valence-electron chi connectivity index (χ4n) is 10.8. The van der Waals surface area contributed by atoms with Crippen molar-refractivity contribution in [2.24, 2.45) is 17.1 Å². The van der Waals surface area contributed by atoms with Crippen LogP contribution in [0.15, 0.2) is 133 Å². The Balaban J connectivity index is 0.000000945. The second-order valence-corrected chi connectivity index (χ2v) is 19.9. The standard InChI is InChI=1S/C55H50F4N2O8.C2H6O.C2H6.CH3B.CH3NO/c1-52(33-62)27-46(51(66)68-30-35-12-6-3-7-13-35)61(32-52)49(64)26-37-17-19-43-44(23-37)53(21-20-47(53)55(43,58)59)69-31-38-24-45(50(65)67-29-34-10-4-2-5-11-34)60(28-38)48(63)25-36-16-18-42-40(22-36)39-14-8-9-15-41(39)54(42,56)57;1-3-2;2*1-2;2-1-3/h2-20,22-23,38,45-46,62H,21,24-33H2,1H3;1-2H3;1-2H3;1H3;1H,(H2,2,3)/t38?,45?,46?,52-,53?;;;;/m0..../s1. The average molecular weight is 1090 g/mol. The summed E-state index contributed by atoms with van der Waals surface area (Å²) < 4.78 is 85.3. The van der Waals surface area contributed by atoms with Crippen molar-refractivity contribution in [2.75, 3.05) is 40.5 Å². The molecule has 2 fully saturated rings. The molecule has 0 saturated carbocycles. The molecule has 0 spiro atoms. The first-order valence-corrected chi connectivity index (χ1v) is 26.2. The number of nitrogens with two attached hydrogens (primary N) is 1. The second kappa shape index (κ2) is 26.7. The fourth-order valence-corrected chi connectivity index (χ4v) is 10.8. The summed E-state index contributed by atoms with van der Waals surface area (Å²) in [6.07, 6.45) is 1.70. The van der Waals surface area contributed by atoms with Gasteiger partial charge in [0, 0.05) is 67.3 Å². The Morgan fingerprint density at radius 3 is 1.75 bits per heavy atom. The number of hydrogen-bond donors (Lipinski definition) is 2. The third-order valence-electron chi connectivity index (χ3n) is 14.5. The Bertz CT molecular complexity index is 2970. The lowest BCUT2D eigenvalue weighted by molar-refractivity contribution is -0.154. The molecule has 0 bridgehead atoms. The van der Waals surface area contributed by atoms with E-state index in [-0.39, 0.29) is 106 Å². The lowest BCUT2D eigenvalue weighted by Gasteiger charge is -2.39. The highest BCUT2D eigenvalue weighted by atomic mass is 19.3. The lowest BCUT2D eigenvalue weighted by Crippen LogP contribution is -2.42. The topological polar surface area (TPSA) is 175 Å². The Morgan fingerprint density at radius 1 is 0.684 bits per heavy atom. The van der Waals surface area contributed by atoms with Crippen LogP contribution in [0.25, 0.3) is 11.1 Å². The number of nitrogens with zero attached hydrogens (tertiary/aromatic N) is 2. The van der Waals surface area contributed by atoms with Crippen molar-refractivity contribution < 1.29 is 65.6 Å². The highest BCUT2D eigenvalue weighted by Gasteiger charge is 2.63. The zero-order valence-corrected chi connectivity index (χ0v) is 45.4. The number of esters is 2. The first-order chi connectivity index (χ1) is 37.9. The number of fused-ring (bicyclic) bond motifs is 6. The van der Waals surface area contributed by atoms with Crippen LogP contribution < -0.4 is 5.73 Å². The number of aliphatic hydroxyl groups excluding tert-OH is 1. The molecule has 5 aliphatic rings. The summed E-state index contributed by atoms with van der Waals surface area (Å²) in [6, 6.07) is 31.2. The number of alkyl halides is 4. The Labute approximate surface area is 460 Å². The fraction of sp³-hybridized carbons (Fsp3) is 0.393. The molecule has 3 N–H and O–H groups in total. The first-order valence-electron chi connectivity index (χ1n) is 26.2. The van der Waals surface area contributed by atoms with E-state index >= 15 is 17.6 Å². The molecule has 4 unspecified atom stereocenters. The number of ether oxygens (including phenoxy) is 4. The van der Waals surface area contributed by atoms with E-state index in [1.807, 2.05) is 62.4 Å². The minimum Gasteiger partial charge on any atom is -0.459 e. The van der Waals surface area contributed by atoms with E-state index in [1.165, 1.54) is 53.0 Å². The van der Waals surface area contributed by atoms with Gasteiger partial charge >= 0.3 is 11.9 Å². The van der Waals surface area contributed by atoms with Crippen molar-refractivity contribution in [3.05, 3.63) is 177 Å². The minimum absolute atomic E-state index is 0.00982. The Hall–Kier alpha value is -7.15. The Morgan fingerprint density at radius 2 is 1.19 bits per heavy atom. The van der Waals surface area contributed by atoms with Crippen molar-refractivity contribution in [3.8, 4) is 11.1 Å². The summed E-state index contributed by atoms with van der Waals surface area (Å²) in [6.45, 7) is 7.03. The van der Waals surface area contributed by atoms with E-state index in [1.54, 1.807) is 63.6 Å². The normalized spacial score (nSPS) is 21.8. The van der Waals surface area contributed by atoms with Gasteiger partial charge in [-0.2, -0.15) is 17.6 Å². The van der Waals surface area contributed by atoms with Gasteiger partial charge in [0.15, 0.2) is 0 Å². The number of hydrogen-bond acceptors (Lipinski definition) is 10. The summed E-state index contributed by atoms with van der Waals surface area (Å²) in [7, 11) is 7.75. The predicted molar refractivity (Wildman–Crippen MR) is 290 cm³/mol. The molecule has 3 amide bonds. The van der Waals surface area contributed by atoms with Gasteiger partial charge in [0.25, 0.3) is 11.8 Å². The maximum atomic E-state index is 16.2. The number of likely N-dealkylation sites (tertiary alicyclic amines) is 2. The summed E-state index contributed by atoms with van der Waals surface area (Å²) in [4.78, 5) is 67.0. The number of carbonyl (C=O) groups excluding carboxylic acids is 5. The molecule has 5 aromatic carbocycles. The van der Waals surface area contributed by atoms with Crippen LogP contribution in [0.4, 0.5) is 17.6 Å². The first kappa shape index (κ1) is 61.1. The minimum atomic E-state index is -3.37. The molecule has 2 saturated heterocycles. The van der Waals surface area contributed by atoms with Gasteiger partial charge in [0.2, 0.25) is 18.2 Å². The van der Waals surface area contributed by atoms with Crippen LogP contribution in [0.2, 0.25) is 6.82 Å². The van der Waals surface area contributed by atoms with E-state index in [0.29, 0.717) is 22.3 Å². The number of amides is 3. The van der Waals surface area contributed by atoms with Gasteiger partial charge in [-0.05, 0) is 51.8 Å². The van der Waals surface area contributed by atoms with Crippen molar-refractivity contribution in [1.29, 1.82) is 0 Å². The Kier molecular flexibility index (Phi) is 20.6. The van der Waals surface area contributed by atoms with Crippen LogP contribution in [0.5, 0.6) is 0 Å². The van der Waals surface area contributed by atoms with Gasteiger partial charge < -0.3 is 39.6 Å². The molecular formula is C61H68BF4N3O10. The largest absolute Gasteiger partial charge is 0.459 e. The average Bonchev–Trinajstić information content (AvgIpc) is 3.99. The molecule has 10 rings (SSSR count). The van der Waals surface area contributed by atoms with E-state index in [4.69, 9.17) is 19.0 Å². The van der Waals surface area contributed by atoms with Crippen LogP contribution >= 0.6 is 0 Å². The summed E-state index contributed by atoms with van der Waals surface area (Å²) in [5.41, 5.74) is 4.51. The molecule has 79 heavy (non-hydrogen) atoms. The summed E-state index contributed by atoms with van der Waals surface area (Å²) in [5, 5.41) is 10.2. The molecule has 2 radical (unpaired) electrons. The number of halogens is 4. The zero-order chi connectivity index (χ0) is 57.7. The predicted octanol–water partition coefficient (Wildman–Crippen LogP) is 9.14. The maximum Gasteiger partial charge on any atom is 0.329 e. The third kappa shape index (κ3) is 13.0. The van der Waals surface area contributed by atoms with Crippen LogP contribution in [0.3, 0.4) is 0 Å². The van der Waals surface area contributed by atoms with Crippen LogP contribution in [0.1, 0.15) is 84.5 Å². The van der Waals surface area contributed by atoms with E-state index in [9.17, 15) is 24.3 Å². The molecule has 5 atom stereocenters. The van der Waals surface area contributed by atoms with Crippen LogP contribution in [0, 0.1) is 11.3 Å². The number of rotatable bonds is 14. The van der Waals surface area contributed by atoms with Crippen molar-refractivity contribution >= 4 is 38.0 Å². The molecule has 5 aromatic rings. The van der Waals surface area contributed by atoms with Crippen molar-refractivity contribution in [3.63, 3.8) is 0 Å². The number of carbonyl (C=O) groups is 5. The molecule has 418 valence electrons. The molecule has 2 heterocycles. The monoisotopic (exact) mass is 1090 g/mol. The summed E-state index contributed by atoms with van der Waals surface area (Å²) in [5.74, 6) is -9.16. The molecule has 2 aliphatic heterocycles. The maximum absolute atomic E-state index is 16.2. The second-order valence-electron chi connectivity index (χ2n) is 19.9. The van der Waals surface area contributed by atoms with Crippen LogP contribution in [-0.2, 0) is 86.4 Å². The van der Waals surface area contributed by atoms with Gasteiger partial charge in [-0.3, -0.25) is 14.4 Å². The van der Waals surface area contributed by atoms with Crippen LogP contribution in [-0.4, -0.2) is 106 Å². The van der Waals surface area contributed by atoms with E-state index in [2.05, 4.69) is 18.3 Å². The number of aliphatic hydroxyl groups is 1. The van der Waals surface area contributed by atoms with Gasteiger partial charge in [0.1, 0.15) is 30.9 Å². The van der Waals surface area contributed by atoms with Gasteiger partial charge in [0.05, 0.1) is 33.9 Å². The molecular weight excluding hydrogens is 1020 g/mol. The molecule has 3 aliphatic carbocycles. The van der Waals surface area contributed by atoms with Gasteiger partial charge in [-0.15, -0.1) is 0 Å². The lowest BCUT2D eigenvalue weighted by atomic mass is 9.78. The highest BCUT2D eigenvalue weighted by molar-refractivity contribution is 6.05. The van der Waals surface area contributed by atoms with E-state index in [0.717, 1.165) is 11.1 Å². The quantitative estimate of drug-likeness (QED) is 0.0359. The SMILES string of the molecule is CC.COC.C[C@]1(CO)CC(C(=O)OCc2ccccc2)N(C(=O)Cc2ccc3c(c2)C2(OCC4CC(C(=O)OCc5ccccc5)N(C(=O)Cc5ccc6c(c5)-c5ccccc5C6(F)F)C4)CC=C2C3(F)F)C1.NC=O.[B]C. The molecule has 13 nitrogen and oxygen atoms in total. The zero-order valence-electron chi connectivity index (χ0n) is 45.4. The molecule has 0 aromatic heterocycles. The van der Waals surface area contributed by atoms with Crippen molar-refractivity contribution in [2.45, 2.75) is 102 Å². The summed E-state index contributed by atoms with van der Waals surface area (Å²) >= 11 is 0. The number of methoxy groups -OCH3 is 1. The van der Waals surface area contributed by atoms with E-state index < -0.39 is 64.6 Å². The number of primary amides is 1. The molecule has 18 heteroatoms. The van der Waals surface area contributed by atoms with Gasteiger partial charge in [-0.1, -0.05) is 155 Å². The number of benzene rings is 5. The third-order valence-corrected chi connectivity index (χ3v) is 14.5.